The van der Waals surface area contributed by atoms with E-state index in [0.717, 1.165) is 32.8 Å². The van der Waals surface area contributed by atoms with Crippen molar-refractivity contribution in [1.82, 2.24) is 4.90 Å². The molecule has 0 unspecified atom stereocenters. The predicted molar refractivity (Wildman–Crippen MR) is 49.3 cm³/mol. The Kier molecular flexibility index (Phi) is 5.93. The lowest BCUT2D eigenvalue weighted by atomic mass is 10.3. The highest BCUT2D eigenvalue weighted by molar-refractivity contribution is 5.75. The molecular formula is C9H19NO2. The van der Waals surface area contributed by atoms with E-state index in [1.165, 1.54) is 0 Å². The van der Waals surface area contributed by atoms with Crippen molar-refractivity contribution in [2.75, 3.05) is 32.8 Å². The van der Waals surface area contributed by atoms with Gasteiger partial charge in [0, 0.05) is 26.1 Å². The third kappa shape index (κ3) is 4.46. The zero-order valence-corrected chi connectivity index (χ0v) is 7.01. The van der Waals surface area contributed by atoms with Gasteiger partial charge in [-0.05, 0) is 6.92 Å². The maximum atomic E-state index is 10.6. The Morgan fingerprint density at radius 1 is 1.42 bits per heavy atom. The third-order valence-corrected chi connectivity index (χ3v) is 1.88. The summed E-state index contributed by atoms with van der Waals surface area (Å²) in [6.45, 7) is 6.13. The molecule has 1 aliphatic rings. The van der Waals surface area contributed by atoms with Crippen LogP contribution in [0.3, 0.4) is 0 Å². The number of ether oxygens (including phenoxy) is 1. The number of carbonyl (C=O) groups is 1. The van der Waals surface area contributed by atoms with E-state index in [1.54, 1.807) is 6.92 Å². The fraction of sp³-hybridized carbons (Fsp3) is 0.889. The van der Waals surface area contributed by atoms with Crippen molar-refractivity contribution in [3.8, 4) is 0 Å². The van der Waals surface area contributed by atoms with Gasteiger partial charge in [0.2, 0.25) is 0 Å². The van der Waals surface area contributed by atoms with E-state index in [0.29, 0.717) is 6.42 Å². The van der Waals surface area contributed by atoms with Crippen LogP contribution in [-0.2, 0) is 9.53 Å². The quantitative estimate of drug-likeness (QED) is 0.636. The molecule has 0 radical (unpaired) electrons. The molecule has 72 valence electrons. The molecule has 1 rings (SSSR count). The van der Waals surface area contributed by atoms with E-state index in [1.807, 2.05) is 0 Å². The van der Waals surface area contributed by atoms with Crippen LogP contribution in [0.25, 0.3) is 0 Å². The summed E-state index contributed by atoms with van der Waals surface area (Å²) in [7, 11) is 0. The average Bonchev–Trinajstić information content (AvgIpc) is 2.03. The van der Waals surface area contributed by atoms with E-state index >= 15 is 0 Å². The zero-order chi connectivity index (χ0) is 8.10. The van der Waals surface area contributed by atoms with Crippen LogP contribution < -0.4 is 0 Å². The standard InChI is InChI=1S/C8H15NO2.CH4/c1-8(10)2-3-9-4-6-11-7-5-9;/h2-7H2,1H3;1H4. The minimum absolute atomic E-state index is 0. The van der Waals surface area contributed by atoms with Gasteiger partial charge in [-0.3, -0.25) is 9.69 Å². The van der Waals surface area contributed by atoms with Gasteiger partial charge in [0.1, 0.15) is 5.78 Å². The number of hydrogen-bond acceptors (Lipinski definition) is 3. The van der Waals surface area contributed by atoms with Crippen molar-refractivity contribution in [2.24, 2.45) is 0 Å². The van der Waals surface area contributed by atoms with Crippen LogP contribution in [0.1, 0.15) is 20.8 Å². The first-order valence-corrected chi connectivity index (χ1v) is 4.08. The first-order chi connectivity index (χ1) is 5.29. The minimum Gasteiger partial charge on any atom is -0.379 e. The topological polar surface area (TPSA) is 29.5 Å². The Hall–Kier alpha value is -0.410. The average molecular weight is 173 g/mol. The number of hydrogen-bond donors (Lipinski definition) is 0. The van der Waals surface area contributed by atoms with Gasteiger partial charge >= 0.3 is 0 Å². The molecular weight excluding hydrogens is 154 g/mol. The van der Waals surface area contributed by atoms with Gasteiger partial charge in [-0.25, -0.2) is 0 Å². The van der Waals surface area contributed by atoms with E-state index < -0.39 is 0 Å². The van der Waals surface area contributed by atoms with Crippen LogP contribution in [0.4, 0.5) is 0 Å². The minimum atomic E-state index is 0. The van der Waals surface area contributed by atoms with Gasteiger partial charge in [0.15, 0.2) is 0 Å². The van der Waals surface area contributed by atoms with Crippen LogP contribution in [0.5, 0.6) is 0 Å². The Balaban J connectivity index is 0.00000121. The maximum Gasteiger partial charge on any atom is 0.131 e. The van der Waals surface area contributed by atoms with Crippen LogP contribution in [0.2, 0.25) is 0 Å². The number of rotatable bonds is 3. The molecule has 0 atom stereocenters. The van der Waals surface area contributed by atoms with Crippen LogP contribution in [0, 0.1) is 0 Å². The Bertz CT molecular complexity index is 130. The smallest absolute Gasteiger partial charge is 0.131 e. The van der Waals surface area contributed by atoms with Crippen molar-refractivity contribution >= 4 is 5.78 Å². The fourth-order valence-electron chi connectivity index (χ4n) is 1.14. The van der Waals surface area contributed by atoms with Crippen molar-refractivity contribution < 1.29 is 9.53 Å². The molecule has 0 aromatic heterocycles. The van der Waals surface area contributed by atoms with E-state index in [9.17, 15) is 4.79 Å². The number of morpholine rings is 1. The molecule has 0 N–H and O–H groups in total. The molecule has 0 aromatic carbocycles. The summed E-state index contributed by atoms with van der Waals surface area (Å²) in [5, 5.41) is 0. The second kappa shape index (κ2) is 6.14. The molecule has 12 heavy (non-hydrogen) atoms. The van der Waals surface area contributed by atoms with Crippen LogP contribution in [0.15, 0.2) is 0 Å². The monoisotopic (exact) mass is 173 g/mol. The summed E-state index contributed by atoms with van der Waals surface area (Å²) < 4.78 is 5.18. The molecule has 1 fully saturated rings. The van der Waals surface area contributed by atoms with Crippen molar-refractivity contribution in [1.29, 1.82) is 0 Å². The predicted octanol–water partition coefficient (Wildman–Crippen LogP) is 0.934. The lowest BCUT2D eigenvalue weighted by molar-refractivity contribution is -0.117. The van der Waals surface area contributed by atoms with Gasteiger partial charge < -0.3 is 4.74 Å². The molecule has 3 heteroatoms. The Labute approximate surface area is 74.7 Å². The maximum absolute atomic E-state index is 10.6. The summed E-state index contributed by atoms with van der Waals surface area (Å²) in [4.78, 5) is 12.9. The molecule has 0 spiro atoms. The summed E-state index contributed by atoms with van der Waals surface area (Å²) in [5.74, 6) is 0.275. The number of ketones is 1. The molecule has 1 saturated heterocycles. The van der Waals surface area contributed by atoms with Crippen LogP contribution in [-0.4, -0.2) is 43.5 Å². The van der Waals surface area contributed by atoms with Gasteiger partial charge in [-0.2, -0.15) is 0 Å². The largest absolute Gasteiger partial charge is 0.379 e. The van der Waals surface area contributed by atoms with Crippen molar-refractivity contribution in [2.45, 2.75) is 20.8 Å². The first kappa shape index (κ1) is 11.6. The number of carbonyl (C=O) groups excluding carboxylic acids is 1. The van der Waals surface area contributed by atoms with E-state index in [4.69, 9.17) is 4.74 Å². The molecule has 0 amide bonds. The Morgan fingerprint density at radius 2 is 2.00 bits per heavy atom. The summed E-state index contributed by atoms with van der Waals surface area (Å²) in [6.07, 6.45) is 0.681. The molecule has 1 aliphatic heterocycles. The highest BCUT2D eigenvalue weighted by Gasteiger charge is 2.09. The summed E-state index contributed by atoms with van der Waals surface area (Å²) in [6, 6.07) is 0. The summed E-state index contributed by atoms with van der Waals surface area (Å²) >= 11 is 0. The highest BCUT2D eigenvalue weighted by atomic mass is 16.5. The van der Waals surface area contributed by atoms with Gasteiger partial charge in [0.25, 0.3) is 0 Å². The van der Waals surface area contributed by atoms with Crippen molar-refractivity contribution in [3.63, 3.8) is 0 Å². The SMILES string of the molecule is C.CC(=O)CCN1CCOCC1. The van der Waals surface area contributed by atoms with Crippen molar-refractivity contribution in [3.05, 3.63) is 0 Å². The third-order valence-electron chi connectivity index (χ3n) is 1.88. The molecule has 0 saturated carbocycles. The molecule has 0 aliphatic carbocycles. The van der Waals surface area contributed by atoms with Crippen LogP contribution >= 0.6 is 0 Å². The molecule has 1 heterocycles. The lowest BCUT2D eigenvalue weighted by Crippen LogP contribution is -2.37. The summed E-state index contributed by atoms with van der Waals surface area (Å²) in [5.41, 5.74) is 0. The number of nitrogens with zero attached hydrogens (tertiary/aromatic N) is 1. The first-order valence-electron chi connectivity index (χ1n) is 4.08. The van der Waals surface area contributed by atoms with Gasteiger partial charge in [0.05, 0.1) is 13.2 Å². The number of Topliss-reactive ketones (excluding diaryl/α,β-unsaturated/α-hetero) is 1. The van der Waals surface area contributed by atoms with E-state index in [-0.39, 0.29) is 13.2 Å². The normalized spacial score (nSPS) is 18.4. The molecule has 3 nitrogen and oxygen atoms in total. The Morgan fingerprint density at radius 3 is 2.50 bits per heavy atom. The highest BCUT2D eigenvalue weighted by Crippen LogP contribution is 1.97. The van der Waals surface area contributed by atoms with E-state index in [2.05, 4.69) is 4.90 Å². The lowest BCUT2D eigenvalue weighted by Gasteiger charge is -2.25. The fourth-order valence-corrected chi connectivity index (χ4v) is 1.14. The van der Waals surface area contributed by atoms with Gasteiger partial charge in [-0.1, -0.05) is 7.43 Å². The zero-order valence-electron chi connectivity index (χ0n) is 7.01. The second-order valence-electron chi connectivity index (χ2n) is 2.91. The van der Waals surface area contributed by atoms with Gasteiger partial charge in [-0.15, -0.1) is 0 Å². The molecule has 0 aromatic rings. The molecule has 0 bridgehead atoms. The second-order valence-corrected chi connectivity index (χ2v) is 2.91.